The number of fused-ring (bicyclic) bond motifs is 1. The van der Waals surface area contributed by atoms with E-state index in [-0.39, 0.29) is 12.1 Å². The molecule has 1 aromatic heterocycles. The molecule has 4 heteroatoms. The lowest BCUT2D eigenvalue weighted by Gasteiger charge is -2.16. The van der Waals surface area contributed by atoms with Crippen LogP contribution < -0.4 is 11.2 Å². The van der Waals surface area contributed by atoms with E-state index in [1.807, 2.05) is 34.9 Å². The number of halogens is 1. The Balaban J connectivity index is 2.46. The van der Waals surface area contributed by atoms with Crippen molar-refractivity contribution in [2.24, 2.45) is 5.73 Å². The molecule has 2 N–H and O–H groups in total. The molecular weight excluding hydrogens is 272 g/mol. The SMILES string of the molecule is NCn1c(-c2ccccc2)cc(=O)c2cccc(Cl)c21. The van der Waals surface area contributed by atoms with Crippen molar-refractivity contribution < 1.29 is 0 Å². The van der Waals surface area contributed by atoms with Gasteiger partial charge in [0.2, 0.25) is 0 Å². The fourth-order valence-electron chi connectivity index (χ4n) is 2.43. The maximum Gasteiger partial charge on any atom is 0.190 e. The highest BCUT2D eigenvalue weighted by Gasteiger charge is 2.12. The van der Waals surface area contributed by atoms with E-state index >= 15 is 0 Å². The maximum atomic E-state index is 12.3. The van der Waals surface area contributed by atoms with Gasteiger partial charge < -0.3 is 10.3 Å². The molecule has 0 aliphatic heterocycles. The molecule has 3 rings (SSSR count). The topological polar surface area (TPSA) is 48.0 Å². The van der Waals surface area contributed by atoms with Gasteiger partial charge in [-0.15, -0.1) is 0 Å². The molecule has 3 nitrogen and oxygen atoms in total. The van der Waals surface area contributed by atoms with Gasteiger partial charge in [0.15, 0.2) is 5.43 Å². The van der Waals surface area contributed by atoms with E-state index in [9.17, 15) is 4.79 Å². The van der Waals surface area contributed by atoms with Gasteiger partial charge in [-0.05, 0) is 17.7 Å². The van der Waals surface area contributed by atoms with Crippen LogP contribution in [0.25, 0.3) is 22.2 Å². The second-order valence-electron chi connectivity index (χ2n) is 4.51. The van der Waals surface area contributed by atoms with Gasteiger partial charge in [0.25, 0.3) is 0 Å². The van der Waals surface area contributed by atoms with Crippen molar-refractivity contribution in [3.8, 4) is 11.3 Å². The van der Waals surface area contributed by atoms with E-state index in [4.69, 9.17) is 17.3 Å². The summed E-state index contributed by atoms with van der Waals surface area (Å²) < 4.78 is 1.87. The zero-order valence-electron chi connectivity index (χ0n) is 10.7. The summed E-state index contributed by atoms with van der Waals surface area (Å²) in [6.45, 7) is 0.255. The Hall–Kier alpha value is -2.10. The van der Waals surface area contributed by atoms with Crippen molar-refractivity contribution in [2.45, 2.75) is 6.67 Å². The molecule has 0 saturated heterocycles. The van der Waals surface area contributed by atoms with Crippen molar-refractivity contribution in [1.82, 2.24) is 4.57 Å². The molecule has 0 atom stereocenters. The zero-order valence-corrected chi connectivity index (χ0v) is 11.5. The molecule has 0 aliphatic rings. The van der Waals surface area contributed by atoms with Crippen LogP contribution in [0.5, 0.6) is 0 Å². The lowest BCUT2D eigenvalue weighted by molar-refractivity contribution is 0.763. The minimum atomic E-state index is -0.0500. The van der Waals surface area contributed by atoms with Gasteiger partial charge >= 0.3 is 0 Å². The molecule has 100 valence electrons. The second kappa shape index (κ2) is 5.12. The van der Waals surface area contributed by atoms with Gasteiger partial charge in [0, 0.05) is 11.5 Å². The molecule has 3 aromatic rings. The van der Waals surface area contributed by atoms with Crippen molar-refractivity contribution >= 4 is 22.5 Å². The highest BCUT2D eigenvalue weighted by Crippen LogP contribution is 2.26. The molecule has 0 amide bonds. The molecule has 0 spiro atoms. The third kappa shape index (κ3) is 2.01. The third-order valence-electron chi connectivity index (χ3n) is 3.33. The van der Waals surface area contributed by atoms with Crippen molar-refractivity contribution in [3.63, 3.8) is 0 Å². The summed E-state index contributed by atoms with van der Waals surface area (Å²) in [6, 6.07) is 16.6. The largest absolute Gasteiger partial charge is 0.326 e. The van der Waals surface area contributed by atoms with Crippen LogP contribution >= 0.6 is 11.6 Å². The third-order valence-corrected chi connectivity index (χ3v) is 3.64. The fraction of sp³-hybridized carbons (Fsp3) is 0.0625. The van der Waals surface area contributed by atoms with Gasteiger partial charge in [0.05, 0.1) is 22.9 Å². The minimum Gasteiger partial charge on any atom is -0.326 e. The molecule has 20 heavy (non-hydrogen) atoms. The second-order valence-corrected chi connectivity index (χ2v) is 4.91. The number of aromatic nitrogens is 1. The minimum absolute atomic E-state index is 0.0500. The van der Waals surface area contributed by atoms with Crippen LogP contribution in [0.15, 0.2) is 59.4 Å². The Morgan fingerprint density at radius 3 is 2.50 bits per heavy atom. The first kappa shape index (κ1) is 12.9. The molecule has 0 radical (unpaired) electrons. The predicted octanol–water partition coefficient (Wildman–Crippen LogP) is 3.24. The Labute approximate surface area is 121 Å². The van der Waals surface area contributed by atoms with E-state index in [0.29, 0.717) is 15.9 Å². The maximum absolute atomic E-state index is 12.3. The van der Waals surface area contributed by atoms with E-state index in [1.165, 1.54) is 0 Å². The smallest absolute Gasteiger partial charge is 0.190 e. The summed E-state index contributed by atoms with van der Waals surface area (Å²) in [5.74, 6) is 0. The van der Waals surface area contributed by atoms with Crippen LogP contribution in [0.1, 0.15) is 0 Å². The summed E-state index contributed by atoms with van der Waals surface area (Å²) in [5.41, 5.74) is 8.23. The molecular formula is C16H13ClN2O. The number of benzene rings is 2. The summed E-state index contributed by atoms with van der Waals surface area (Å²) in [5, 5.41) is 1.12. The number of para-hydroxylation sites is 1. The van der Waals surface area contributed by atoms with Crippen molar-refractivity contribution in [2.75, 3.05) is 0 Å². The van der Waals surface area contributed by atoms with Crippen LogP contribution in [0, 0.1) is 0 Å². The number of hydrogen-bond acceptors (Lipinski definition) is 2. The number of nitrogens with zero attached hydrogens (tertiary/aromatic N) is 1. The van der Waals surface area contributed by atoms with Gasteiger partial charge in [-0.2, -0.15) is 0 Å². The Bertz CT molecular complexity index is 825. The Morgan fingerprint density at radius 1 is 1.05 bits per heavy atom. The first-order valence-electron chi connectivity index (χ1n) is 6.30. The van der Waals surface area contributed by atoms with E-state index < -0.39 is 0 Å². The lowest BCUT2D eigenvalue weighted by Crippen LogP contribution is -2.16. The normalized spacial score (nSPS) is 10.9. The van der Waals surface area contributed by atoms with Gasteiger partial charge in [-0.1, -0.05) is 48.0 Å². The van der Waals surface area contributed by atoms with Crippen LogP contribution in [-0.4, -0.2) is 4.57 Å². The molecule has 0 unspecified atom stereocenters. The van der Waals surface area contributed by atoms with Crippen LogP contribution in [-0.2, 0) is 6.67 Å². The number of rotatable bonds is 2. The van der Waals surface area contributed by atoms with Gasteiger partial charge in [-0.3, -0.25) is 4.79 Å². The monoisotopic (exact) mass is 284 g/mol. The highest BCUT2D eigenvalue weighted by molar-refractivity contribution is 6.35. The lowest BCUT2D eigenvalue weighted by atomic mass is 10.1. The van der Waals surface area contributed by atoms with E-state index in [2.05, 4.69) is 0 Å². The quantitative estimate of drug-likeness (QED) is 0.785. The average Bonchev–Trinajstić information content (AvgIpc) is 2.49. The summed E-state index contributed by atoms with van der Waals surface area (Å²) in [7, 11) is 0. The molecule has 2 aromatic carbocycles. The average molecular weight is 285 g/mol. The van der Waals surface area contributed by atoms with Crippen molar-refractivity contribution in [1.29, 1.82) is 0 Å². The van der Waals surface area contributed by atoms with Gasteiger partial charge in [0.1, 0.15) is 0 Å². The highest BCUT2D eigenvalue weighted by atomic mass is 35.5. The van der Waals surface area contributed by atoms with Crippen LogP contribution in [0.4, 0.5) is 0 Å². The summed E-state index contributed by atoms with van der Waals surface area (Å²) >= 11 is 6.26. The van der Waals surface area contributed by atoms with E-state index in [1.54, 1.807) is 24.3 Å². The molecule has 0 bridgehead atoms. The molecule has 1 heterocycles. The summed E-state index contributed by atoms with van der Waals surface area (Å²) in [4.78, 5) is 12.3. The first-order chi connectivity index (χ1) is 9.72. The Morgan fingerprint density at radius 2 is 1.80 bits per heavy atom. The number of pyridine rings is 1. The molecule has 0 fully saturated rings. The van der Waals surface area contributed by atoms with Crippen LogP contribution in [0.3, 0.4) is 0 Å². The summed E-state index contributed by atoms with van der Waals surface area (Å²) in [6.07, 6.45) is 0. The van der Waals surface area contributed by atoms with Crippen molar-refractivity contribution in [3.05, 3.63) is 69.8 Å². The number of hydrogen-bond donors (Lipinski definition) is 1. The first-order valence-corrected chi connectivity index (χ1v) is 6.67. The fourth-order valence-corrected chi connectivity index (χ4v) is 2.70. The van der Waals surface area contributed by atoms with E-state index in [0.717, 1.165) is 11.3 Å². The number of nitrogens with two attached hydrogens (primary N) is 1. The predicted molar refractivity (Wildman–Crippen MR) is 82.8 cm³/mol. The molecule has 0 saturated carbocycles. The van der Waals surface area contributed by atoms with Gasteiger partial charge in [-0.25, -0.2) is 0 Å². The van der Waals surface area contributed by atoms with Crippen LogP contribution in [0.2, 0.25) is 5.02 Å². The molecule has 0 aliphatic carbocycles. The Kier molecular flexibility index (Phi) is 3.30. The zero-order chi connectivity index (χ0) is 14.1. The standard InChI is InChI=1S/C16H13ClN2O/c17-13-8-4-7-12-15(20)9-14(19(10-18)16(12)13)11-5-2-1-3-6-11/h1-9H,10,18H2.